The van der Waals surface area contributed by atoms with Gasteiger partial charge in [0.2, 0.25) is 6.71 Å². The van der Waals surface area contributed by atoms with Crippen LogP contribution in [0.2, 0.25) is 11.3 Å². The second-order valence-electron chi connectivity index (χ2n) is 10.8. The normalized spacial score (nSPS) is 12.1. The van der Waals surface area contributed by atoms with Crippen LogP contribution in [0.5, 0.6) is 0 Å². The predicted octanol–water partition coefficient (Wildman–Crippen LogP) is 8.74. The van der Waals surface area contributed by atoms with E-state index < -0.39 is 6.18 Å². The Morgan fingerprint density at radius 1 is 1.05 bits per heavy atom. The lowest BCUT2D eigenvalue weighted by Crippen LogP contribution is -2.41. The average molecular weight is 563 g/mol. The van der Waals surface area contributed by atoms with Crippen molar-refractivity contribution in [2.75, 3.05) is 0 Å². The molecule has 1 heterocycles. The van der Waals surface area contributed by atoms with Crippen molar-refractivity contribution in [2.24, 2.45) is 5.92 Å². The van der Waals surface area contributed by atoms with Crippen molar-refractivity contribution in [3.63, 3.8) is 0 Å². The fourth-order valence-corrected chi connectivity index (χ4v) is 5.15. The van der Waals surface area contributed by atoms with Crippen LogP contribution in [0.1, 0.15) is 59.6 Å². The largest absolute Gasteiger partial charge is 0.409 e. The summed E-state index contributed by atoms with van der Waals surface area (Å²) in [4.78, 5) is 8.24. The van der Waals surface area contributed by atoms with Crippen molar-refractivity contribution >= 4 is 41.0 Å². The van der Waals surface area contributed by atoms with Crippen LogP contribution in [-0.4, -0.2) is 27.6 Å². The zero-order chi connectivity index (χ0) is 28.2. The van der Waals surface area contributed by atoms with E-state index >= 15 is 0 Å². The molecule has 3 aromatic rings. The molecule has 2 nitrogen and oxygen atoms in total. The van der Waals surface area contributed by atoms with E-state index in [-0.39, 0.29) is 11.5 Å². The van der Waals surface area contributed by atoms with Crippen molar-refractivity contribution in [3.05, 3.63) is 83.9 Å². The molecule has 0 unspecified atom stereocenters. The molecule has 206 valence electrons. The van der Waals surface area contributed by atoms with Crippen LogP contribution < -0.4 is 10.9 Å². The molecular weight excluding hydrogens is 524 g/mol. The van der Waals surface area contributed by atoms with Crippen LogP contribution in [0.3, 0.4) is 0 Å². The summed E-state index contributed by atoms with van der Waals surface area (Å²) in [7, 11) is 0. The van der Waals surface area contributed by atoms with Gasteiger partial charge in [0, 0.05) is 32.6 Å². The minimum absolute atomic E-state index is 0.00438. The lowest BCUT2D eigenvalue weighted by Gasteiger charge is -2.19. The Labute approximate surface area is 236 Å². The monoisotopic (exact) mass is 562 g/mol. The molecule has 0 bridgehead atoms. The Kier molecular flexibility index (Phi) is 13.1. The van der Waals surface area contributed by atoms with E-state index in [0.29, 0.717) is 23.8 Å². The Hall–Kier alpha value is -2.12. The molecule has 38 heavy (non-hydrogen) atoms. The van der Waals surface area contributed by atoms with Gasteiger partial charge in [-0.3, -0.25) is 0 Å². The first-order valence-corrected chi connectivity index (χ1v) is 14.3. The second kappa shape index (κ2) is 15.5. The van der Waals surface area contributed by atoms with Crippen LogP contribution in [0, 0.1) is 5.92 Å². The van der Waals surface area contributed by atoms with Crippen molar-refractivity contribution in [2.45, 2.75) is 82.4 Å². The highest BCUT2D eigenvalue weighted by molar-refractivity contribution is 8.00. The Balaban J connectivity index is 0.000000384. The number of aromatic nitrogens is 2. The standard InChI is InChI=1S/C21H23BClF3S.C9H16N2/c1-20(2,3)27-19-11-9-16(10-12-19)22(14-5-4-13-21(24,25)26)17-7-6-8-18(23)15-17;1-8(2)4-3-5-9-6-10-7-11-9/h4,6-13,15H,5,14H2,1-3H3;6-8H,3-5H2,1-2H3,(H,10,11). The summed E-state index contributed by atoms with van der Waals surface area (Å²) >= 11 is 7.92. The van der Waals surface area contributed by atoms with E-state index in [4.69, 9.17) is 11.6 Å². The Bertz CT molecular complexity index is 1090. The van der Waals surface area contributed by atoms with Gasteiger partial charge in [-0.1, -0.05) is 100 Å². The summed E-state index contributed by atoms with van der Waals surface area (Å²) in [6, 6.07) is 15.8. The summed E-state index contributed by atoms with van der Waals surface area (Å²) in [5, 5.41) is 0.628. The van der Waals surface area contributed by atoms with E-state index in [9.17, 15) is 13.2 Å². The first kappa shape index (κ1) is 32.1. The first-order valence-electron chi connectivity index (χ1n) is 13.1. The summed E-state index contributed by atoms with van der Waals surface area (Å²) in [6.45, 7) is 11.0. The molecule has 0 aliphatic carbocycles. The molecule has 0 amide bonds. The van der Waals surface area contributed by atoms with E-state index in [1.54, 1.807) is 24.2 Å². The van der Waals surface area contributed by atoms with Gasteiger partial charge < -0.3 is 4.98 Å². The van der Waals surface area contributed by atoms with Crippen molar-refractivity contribution in [3.8, 4) is 0 Å². The minimum Gasteiger partial charge on any atom is -0.348 e. The van der Waals surface area contributed by atoms with Gasteiger partial charge in [0.1, 0.15) is 0 Å². The number of alkyl halides is 3. The maximum Gasteiger partial charge on any atom is 0.409 e. The third kappa shape index (κ3) is 13.6. The van der Waals surface area contributed by atoms with Crippen LogP contribution in [0.4, 0.5) is 13.2 Å². The zero-order valence-corrected chi connectivity index (χ0v) is 24.6. The van der Waals surface area contributed by atoms with Crippen LogP contribution >= 0.6 is 23.4 Å². The van der Waals surface area contributed by atoms with Crippen LogP contribution in [-0.2, 0) is 6.42 Å². The molecule has 2 aromatic carbocycles. The predicted molar refractivity (Wildman–Crippen MR) is 160 cm³/mol. The fraction of sp³-hybridized carbons (Fsp3) is 0.433. The number of rotatable bonds is 10. The van der Waals surface area contributed by atoms with Gasteiger partial charge in [-0.15, -0.1) is 11.8 Å². The van der Waals surface area contributed by atoms with Gasteiger partial charge in [-0.25, -0.2) is 4.98 Å². The average Bonchev–Trinajstić information content (AvgIpc) is 3.32. The molecule has 0 aliphatic heterocycles. The van der Waals surface area contributed by atoms with Gasteiger partial charge in [0.05, 0.1) is 6.33 Å². The number of hydrogen-bond acceptors (Lipinski definition) is 2. The van der Waals surface area contributed by atoms with Gasteiger partial charge in [-0.2, -0.15) is 13.2 Å². The highest BCUT2D eigenvalue weighted by Crippen LogP contribution is 2.31. The van der Waals surface area contributed by atoms with Gasteiger partial charge in [0.15, 0.2) is 0 Å². The molecular formula is C30H39BClF3N2S. The van der Waals surface area contributed by atoms with Crippen LogP contribution in [0.25, 0.3) is 0 Å². The number of imidazole rings is 1. The summed E-state index contributed by atoms with van der Waals surface area (Å²) in [6.07, 6.45) is 5.51. The summed E-state index contributed by atoms with van der Waals surface area (Å²) in [5.74, 6) is 0.818. The molecule has 0 saturated heterocycles. The minimum atomic E-state index is -4.27. The molecule has 0 radical (unpaired) electrons. The highest BCUT2D eigenvalue weighted by atomic mass is 35.5. The van der Waals surface area contributed by atoms with E-state index in [0.717, 1.165) is 23.3 Å². The smallest absolute Gasteiger partial charge is 0.348 e. The first-order chi connectivity index (χ1) is 17.8. The van der Waals surface area contributed by atoms with Crippen LogP contribution in [0.15, 0.2) is 78.1 Å². The molecule has 1 aromatic heterocycles. The number of benzene rings is 2. The highest BCUT2D eigenvalue weighted by Gasteiger charge is 2.23. The number of halogens is 4. The van der Waals surface area contributed by atoms with Gasteiger partial charge in [0.25, 0.3) is 0 Å². The lowest BCUT2D eigenvalue weighted by atomic mass is 9.38. The van der Waals surface area contributed by atoms with E-state index in [2.05, 4.69) is 68.9 Å². The van der Waals surface area contributed by atoms with E-state index in [1.165, 1.54) is 29.5 Å². The molecule has 0 aliphatic rings. The molecule has 0 spiro atoms. The topological polar surface area (TPSA) is 28.7 Å². The zero-order valence-electron chi connectivity index (χ0n) is 23.0. The summed E-state index contributed by atoms with van der Waals surface area (Å²) in [5.41, 5.74) is 3.35. The van der Waals surface area contributed by atoms with E-state index in [1.807, 2.05) is 24.4 Å². The molecule has 0 fully saturated rings. The van der Waals surface area contributed by atoms with Crippen molar-refractivity contribution in [1.82, 2.24) is 9.97 Å². The third-order valence-corrected chi connectivity index (χ3v) is 7.02. The quantitative estimate of drug-likeness (QED) is 0.152. The fourth-order valence-electron chi connectivity index (χ4n) is 3.97. The summed E-state index contributed by atoms with van der Waals surface area (Å²) < 4.78 is 37.2. The molecule has 3 rings (SSSR count). The number of nitrogens with one attached hydrogen (secondary N) is 1. The molecule has 8 heteroatoms. The number of allylic oxidation sites excluding steroid dienone is 2. The number of hydrogen-bond donors (Lipinski definition) is 1. The maximum absolute atomic E-state index is 12.4. The SMILES string of the molecule is CC(C)(C)Sc1ccc(B(CCC=CC(F)(F)F)c2cccc(Cl)c2)cc1.CC(C)CCCc1cnc[nH]1. The number of thioether (sulfide) groups is 1. The van der Waals surface area contributed by atoms with Gasteiger partial charge in [-0.05, 0) is 49.4 Å². The third-order valence-electron chi connectivity index (χ3n) is 5.67. The van der Waals surface area contributed by atoms with Gasteiger partial charge >= 0.3 is 6.18 Å². The lowest BCUT2D eigenvalue weighted by molar-refractivity contribution is -0.0800. The molecule has 0 saturated carbocycles. The number of aromatic amines is 1. The Morgan fingerprint density at radius 2 is 1.76 bits per heavy atom. The van der Waals surface area contributed by atoms with Crippen molar-refractivity contribution < 1.29 is 13.2 Å². The maximum atomic E-state index is 12.4. The van der Waals surface area contributed by atoms with Crippen molar-refractivity contribution in [1.29, 1.82) is 0 Å². The second-order valence-corrected chi connectivity index (χ2v) is 13.1. The number of nitrogens with zero attached hydrogens (tertiary/aromatic N) is 1. The molecule has 0 atom stereocenters. The Morgan fingerprint density at radius 3 is 2.32 bits per heavy atom. The number of H-pyrrole nitrogens is 1. The molecule has 1 N–H and O–H groups in total. The number of aryl methyl sites for hydroxylation is 1.